The molecule has 0 aliphatic carbocycles. The molecule has 124 valence electrons. The molecule has 0 unspecified atom stereocenters. The van der Waals surface area contributed by atoms with Crippen LogP contribution in [0.4, 0.5) is 5.69 Å². The Morgan fingerprint density at radius 2 is 1.96 bits per heavy atom. The van der Waals surface area contributed by atoms with Gasteiger partial charge in [0.15, 0.2) is 17.2 Å². The van der Waals surface area contributed by atoms with Crippen LogP contribution in [-0.4, -0.2) is 10.9 Å². The summed E-state index contributed by atoms with van der Waals surface area (Å²) in [5, 5.41) is 3.41. The summed E-state index contributed by atoms with van der Waals surface area (Å²) in [6, 6.07) is 16.1. The first-order chi connectivity index (χ1) is 12.2. The normalized spacial score (nSPS) is 10.9. The Balaban J connectivity index is 1.47. The predicted octanol–water partition coefficient (Wildman–Crippen LogP) is 4.92. The Morgan fingerprint density at radius 1 is 1.12 bits per heavy atom. The van der Waals surface area contributed by atoms with Crippen molar-refractivity contribution in [1.29, 1.82) is 0 Å². The third-order valence-corrected chi connectivity index (χ3v) is 3.94. The number of furan rings is 1. The number of anilines is 1. The average molecular weight is 353 g/mol. The maximum atomic E-state index is 11.9. The molecule has 2 aromatic carbocycles. The van der Waals surface area contributed by atoms with Gasteiger partial charge in [-0.1, -0.05) is 23.7 Å². The molecular weight excluding hydrogens is 340 g/mol. The highest BCUT2D eigenvalue weighted by atomic mass is 35.5. The Morgan fingerprint density at radius 3 is 2.72 bits per heavy atom. The Labute approximate surface area is 148 Å². The van der Waals surface area contributed by atoms with Crippen LogP contribution in [0.25, 0.3) is 11.1 Å². The first-order valence-corrected chi connectivity index (χ1v) is 8.04. The maximum Gasteiger partial charge on any atom is 0.291 e. The number of carbonyl (C=O) groups is 1. The molecule has 4 rings (SSSR count). The van der Waals surface area contributed by atoms with Crippen LogP contribution < -0.4 is 5.32 Å². The van der Waals surface area contributed by atoms with Crippen molar-refractivity contribution in [2.45, 2.75) is 6.42 Å². The lowest BCUT2D eigenvalue weighted by Gasteiger charge is -2.04. The molecule has 0 aliphatic heterocycles. The number of nitrogens with zero attached hydrogens (tertiary/aromatic N) is 1. The fourth-order valence-corrected chi connectivity index (χ4v) is 2.67. The number of nitrogens with one attached hydrogen (secondary N) is 1. The summed E-state index contributed by atoms with van der Waals surface area (Å²) < 4.78 is 10.8. The van der Waals surface area contributed by atoms with Crippen LogP contribution in [0.5, 0.6) is 0 Å². The number of oxazole rings is 1. The van der Waals surface area contributed by atoms with Gasteiger partial charge in [-0.2, -0.15) is 0 Å². The highest BCUT2D eigenvalue weighted by molar-refractivity contribution is 6.31. The standard InChI is InChI=1S/C19H13ClN2O3/c20-13-5-8-16-15(11-13)22-18(25-16)10-12-3-6-14(7-4-12)21-19(23)17-2-1-9-24-17/h1-9,11H,10H2,(H,21,23). The number of hydrogen-bond donors (Lipinski definition) is 1. The quantitative estimate of drug-likeness (QED) is 0.566. The second kappa shape index (κ2) is 6.45. The number of amides is 1. The van der Waals surface area contributed by atoms with Crippen molar-refractivity contribution < 1.29 is 13.6 Å². The molecular formula is C19H13ClN2O3. The topological polar surface area (TPSA) is 68.3 Å². The average Bonchev–Trinajstić information content (AvgIpc) is 3.25. The predicted molar refractivity (Wildman–Crippen MR) is 94.9 cm³/mol. The second-order valence-corrected chi connectivity index (χ2v) is 5.96. The molecule has 6 heteroatoms. The minimum absolute atomic E-state index is 0.272. The zero-order valence-corrected chi connectivity index (χ0v) is 13.8. The van der Waals surface area contributed by atoms with E-state index in [0.29, 0.717) is 28.6 Å². The van der Waals surface area contributed by atoms with Gasteiger partial charge in [-0.05, 0) is 48.0 Å². The summed E-state index contributed by atoms with van der Waals surface area (Å²) in [4.78, 5) is 16.4. The number of benzene rings is 2. The summed E-state index contributed by atoms with van der Waals surface area (Å²) in [5.74, 6) is 0.604. The maximum absolute atomic E-state index is 11.9. The van der Waals surface area contributed by atoms with Gasteiger partial charge >= 0.3 is 0 Å². The molecule has 0 spiro atoms. The minimum atomic E-state index is -0.284. The van der Waals surface area contributed by atoms with E-state index in [4.69, 9.17) is 20.4 Å². The zero-order valence-electron chi connectivity index (χ0n) is 13.0. The first kappa shape index (κ1) is 15.5. The molecule has 0 bridgehead atoms. The van der Waals surface area contributed by atoms with Crippen molar-refractivity contribution in [2.24, 2.45) is 0 Å². The fraction of sp³-hybridized carbons (Fsp3) is 0.0526. The highest BCUT2D eigenvalue weighted by Gasteiger charge is 2.10. The summed E-state index contributed by atoms with van der Waals surface area (Å²) in [6.07, 6.45) is 2.02. The third-order valence-electron chi connectivity index (χ3n) is 3.71. The number of fused-ring (bicyclic) bond motifs is 1. The van der Waals surface area contributed by atoms with Gasteiger partial charge in [0.05, 0.1) is 6.26 Å². The molecule has 0 fully saturated rings. The number of carbonyl (C=O) groups excluding carboxylic acids is 1. The summed E-state index contributed by atoms with van der Waals surface area (Å²) in [6.45, 7) is 0. The van der Waals surface area contributed by atoms with Crippen molar-refractivity contribution in [3.8, 4) is 0 Å². The van der Waals surface area contributed by atoms with Crippen molar-refractivity contribution in [1.82, 2.24) is 4.98 Å². The molecule has 25 heavy (non-hydrogen) atoms. The van der Waals surface area contributed by atoms with Gasteiger partial charge in [0.2, 0.25) is 0 Å². The van der Waals surface area contributed by atoms with E-state index in [1.807, 2.05) is 24.3 Å². The smallest absolute Gasteiger partial charge is 0.291 e. The van der Waals surface area contributed by atoms with Gasteiger partial charge in [-0.15, -0.1) is 0 Å². The van der Waals surface area contributed by atoms with Crippen LogP contribution in [0.2, 0.25) is 5.02 Å². The molecule has 0 atom stereocenters. The molecule has 1 N–H and O–H groups in total. The molecule has 5 nitrogen and oxygen atoms in total. The zero-order chi connectivity index (χ0) is 17.2. The highest BCUT2D eigenvalue weighted by Crippen LogP contribution is 2.22. The van der Waals surface area contributed by atoms with Gasteiger partial charge in [0, 0.05) is 17.1 Å². The SMILES string of the molecule is O=C(Nc1ccc(Cc2nc3cc(Cl)ccc3o2)cc1)c1ccco1. The van der Waals surface area contributed by atoms with Crippen LogP contribution in [-0.2, 0) is 6.42 Å². The lowest BCUT2D eigenvalue weighted by atomic mass is 10.1. The molecule has 0 saturated heterocycles. The lowest BCUT2D eigenvalue weighted by Crippen LogP contribution is -2.10. The lowest BCUT2D eigenvalue weighted by molar-refractivity contribution is 0.0996. The molecule has 2 aromatic heterocycles. The van der Waals surface area contributed by atoms with Crippen molar-refractivity contribution in [3.63, 3.8) is 0 Å². The Kier molecular flexibility index (Phi) is 3.99. The van der Waals surface area contributed by atoms with Gasteiger partial charge < -0.3 is 14.2 Å². The van der Waals surface area contributed by atoms with E-state index in [1.165, 1.54) is 6.26 Å². The minimum Gasteiger partial charge on any atom is -0.459 e. The molecule has 4 aromatic rings. The first-order valence-electron chi connectivity index (χ1n) is 7.66. The van der Waals surface area contributed by atoms with Crippen molar-refractivity contribution in [3.05, 3.63) is 83.1 Å². The molecule has 0 aliphatic rings. The van der Waals surface area contributed by atoms with Crippen LogP contribution in [0, 0.1) is 0 Å². The van der Waals surface area contributed by atoms with Gasteiger partial charge in [-0.25, -0.2) is 4.98 Å². The van der Waals surface area contributed by atoms with Crippen LogP contribution >= 0.6 is 11.6 Å². The third kappa shape index (κ3) is 3.41. The summed E-state index contributed by atoms with van der Waals surface area (Å²) >= 11 is 5.96. The number of aromatic nitrogens is 1. The monoisotopic (exact) mass is 352 g/mol. The van der Waals surface area contributed by atoms with E-state index in [1.54, 1.807) is 30.3 Å². The molecule has 0 radical (unpaired) electrons. The Bertz CT molecular complexity index is 1020. The van der Waals surface area contributed by atoms with Crippen molar-refractivity contribution >= 4 is 34.3 Å². The van der Waals surface area contributed by atoms with Gasteiger partial charge in [0.25, 0.3) is 5.91 Å². The number of rotatable bonds is 4. The Hall–Kier alpha value is -3.05. The largest absolute Gasteiger partial charge is 0.459 e. The number of halogens is 1. The summed E-state index contributed by atoms with van der Waals surface area (Å²) in [7, 11) is 0. The van der Waals surface area contributed by atoms with Gasteiger partial charge in [-0.3, -0.25) is 4.79 Å². The molecule has 1 amide bonds. The van der Waals surface area contributed by atoms with E-state index in [0.717, 1.165) is 11.1 Å². The van der Waals surface area contributed by atoms with Crippen LogP contribution in [0.1, 0.15) is 22.0 Å². The molecule has 0 saturated carbocycles. The van der Waals surface area contributed by atoms with E-state index >= 15 is 0 Å². The molecule has 2 heterocycles. The van der Waals surface area contributed by atoms with Crippen molar-refractivity contribution in [2.75, 3.05) is 5.32 Å². The van der Waals surface area contributed by atoms with Crippen LogP contribution in [0.15, 0.2) is 69.7 Å². The number of hydrogen-bond acceptors (Lipinski definition) is 4. The van der Waals surface area contributed by atoms with E-state index in [9.17, 15) is 4.79 Å². The van der Waals surface area contributed by atoms with E-state index < -0.39 is 0 Å². The van der Waals surface area contributed by atoms with E-state index in [-0.39, 0.29) is 11.7 Å². The second-order valence-electron chi connectivity index (χ2n) is 5.52. The fourth-order valence-electron chi connectivity index (χ4n) is 2.50. The van der Waals surface area contributed by atoms with E-state index in [2.05, 4.69) is 10.3 Å². The summed E-state index contributed by atoms with van der Waals surface area (Å²) in [5.41, 5.74) is 3.16. The van der Waals surface area contributed by atoms with Crippen LogP contribution in [0.3, 0.4) is 0 Å². The van der Waals surface area contributed by atoms with Gasteiger partial charge in [0.1, 0.15) is 5.52 Å².